The lowest BCUT2D eigenvalue weighted by molar-refractivity contribution is -0.138. The smallest absolute Gasteiger partial charge is 0.357 e. The second-order valence-corrected chi connectivity index (χ2v) is 6.35. The Morgan fingerprint density at radius 1 is 1.10 bits per heavy atom. The van der Waals surface area contributed by atoms with Gasteiger partial charge in [-0.05, 0) is 42.3 Å². The highest BCUT2D eigenvalue weighted by molar-refractivity contribution is 14.0. The molecule has 3 aromatic rings. The number of alkyl halides is 3. The maximum absolute atomic E-state index is 13.3. The van der Waals surface area contributed by atoms with Gasteiger partial charge in [-0.3, -0.25) is 0 Å². The molecule has 0 fully saturated rings. The fraction of sp³-hybridized carbons (Fsp3) is 0.250. The Bertz CT molecular complexity index is 988. The number of nitrogens with one attached hydrogen (secondary N) is 2. The molecule has 2 N–H and O–H groups in total. The van der Waals surface area contributed by atoms with Crippen LogP contribution in [-0.4, -0.2) is 27.3 Å². The number of rotatable bonds is 6. The number of nitrogens with zero attached hydrogens (tertiary/aromatic N) is 4. The van der Waals surface area contributed by atoms with E-state index in [9.17, 15) is 17.6 Å². The van der Waals surface area contributed by atoms with E-state index >= 15 is 0 Å². The van der Waals surface area contributed by atoms with E-state index in [2.05, 4.69) is 25.7 Å². The summed E-state index contributed by atoms with van der Waals surface area (Å²) in [5, 5.41) is 9.91. The summed E-state index contributed by atoms with van der Waals surface area (Å²) < 4.78 is 54.3. The van der Waals surface area contributed by atoms with Gasteiger partial charge in [0.15, 0.2) is 5.96 Å². The number of benzene rings is 2. The third-order valence-corrected chi connectivity index (χ3v) is 4.21. The quantitative estimate of drug-likeness (QED) is 0.209. The van der Waals surface area contributed by atoms with Crippen LogP contribution in [0.3, 0.4) is 0 Å². The summed E-state index contributed by atoms with van der Waals surface area (Å²) in [6.07, 6.45) is -1.61. The van der Waals surface area contributed by atoms with E-state index < -0.39 is 17.6 Å². The molecule has 31 heavy (non-hydrogen) atoms. The van der Waals surface area contributed by atoms with Gasteiger partial charge in [0.05, 0.1) is 17.8 Å². The Balaban J connectivity index is 0.00000341. The Morgan fingerprint density at radius 2 is 1.84 bits per heavy atom. The van der Waals surface area contributed by atoms with Gasteiger partial charge in [0.25, 0.3) is 0 Å². The molecule has 0 aliphatic rings. The summed E-state index contributed by atoms with van der Waals surface area (Å²) in [5.41, 5.74) is 0.691. The average Bonchev–Trinajstić information content (AvgIpc) is 3.25. The molecule has 1 heterocycles. The summed E-state index contributed by atoms with van der Waals surface area (Å²) in [7, 11) is 0. The van der Waals surface area contributed by atoms with Crippen molar-refractivity contribution in [2.45, 2.75) is 26.2 Å². The minimum absolute atomic E-state index is 0. The van der Waals surface area contributed by atoms with Gasteiger partial charge < -0.3 is 10.6 Å². The van der Waals surface area contributed by atoms with Crippen LogP contribution < -0.4 is 10.6 Å². The Hall–Kier alpha value is -2.70. The molecule has 0 radical (unpaired) electrons. The first-order valence-corrected chi connectivity index (χ1v) is 9.18. The first-order valence-electron chi connectivity index (χ1n) is 9.18. The third kappa shape index (κ3) is 6.91. The van der Waals surface area contributed by atoms with Gasteiger partial charge in [0.1, 0.15) is 18.5 Å². The van der Waals surface area contributed by atoms with Gasteiger partial charge >= 0.3 is 6.18 Å². The summed E-state index contributed by atoms with van der Waals surface area (Å²) in [6.45, 7) is 2.56. The van der Waals surface area contributed by atoms with Gasteiger partial charge in [0.2, 0.25) is 0 Å². The fourth-order valence-electron chi connectivity index (χ4n) is 2.75. The molecule has 6 nitrogen and oxygen atoms in total. The normalized spacial score (nSPS) is 11.7. The zero-order valence-electron chi connectivity index (χ0n) is 16.5. The van der Waals surface area contributed by atoms with Crippen LogP contribution >= 0.6 is 24.0 Å². The maximum atomic E-state index is 13.3. The molecule has 0 spiro atoms. The molecule has 166 valence electrons. The molecule has 0 amide bonds. The van der Waals surface area contributed by atoms with E-state index in [1.807, 2.05) is 31.2 Å². The van der Waals surface area contributed by atoms with Crippen molar-refractivity contribution in [1.82, 2.24) is 25.4 Å². The van der Waals surface area contributed by atoms with Crippen LogP contribution in [0.5, 0.6) is 0 Å². The predicted octanol–water partition coefficient (Wildman–Crippen LogP) is 4.30. The van der Waals surface area contributed by atoms with Crippen molar-refractivity contribution in [3.63, 3.8) is 0 Å². The third-order valence-electron chi connectivity index (χ3n) is 4.21. The lowest BCUT2D eigenvalue weighted by Crippen LogP contribution is -2.37. The van der Waals surface area contributed by atoms with E-state index in [1.165, 1.54) is 6.33 Å². The SMILES string of the molecule is CCNC(=NCc1ccc(-n2cncn2)cc1)NCc1ccc(F)cc1C(F)(F)F.I. The van der Waals surface area contributed by atoms with Crippen molar-refractivity contribution in [2.24, 2.45) is 4.99 Å². The summed E-state index contributed by atoms with van der Waals surface area (Å²) in [6, 6.07) is 10.1. The van der Waals surface area contributed by atoms with Gasteiger partial charge in [-0.15, -0.1) is 24.0 Å². The number of halogens is 5. The lowest BCUT2D eigenvalue weighted by Gasteiger charge is -2.16. The van der Waals surface area contributed by atoms with Crippen LogP contribution in [-0.2, 0) is 19.3 Å². The van der Waals surface area contributed by atoms with Gasteiger partial charge in [0, 0.05) is 13.1 Å². The van der Waals surface area contributed by atoms with E-state index in [0.717, 1.165) is 23.4 Å². The van der Waals surface area contributed by atoms with Crippen molar-refractivity contribution in [3.05, 3.63) is 77.6 Å². The van der Waals surface area contributed by atoms with Crippen molar-refractivity contribution in [1.29, 1.82) is 0 Å². The number of hydrogen-bond acceptors (Lipinski definition) is 3. The molecular weight excluding hydrogens is 527 g/mol. The fourth-order valence-corrected chi connectivity index (χ4v) is 2.75. The predicted molar refractivity (Wildman–Crippen MR) is 120 cm³/mol. The average molecular weight is 548 g/mol. The first-order chi connectivity index (χ1) is 14.4. The van der Waals surface area contributed by atoms with E-state index in [4.69, 9.17) is 0 Å². The van der Waals surface area contributed by atoms with Gasteiger partial charge in [-0.2, -0.15) is 18.3 Å². The highest BCUT2D eigenvalue weighted by Crippen LogP contribution is 2.32. The Labute approximate surface area is 193 Å². The summed E-state index contributed by atoms with van der Waals surface area (Å²) >= 11 is 0. The van der Waals surface area contributed by atoms with Gasteiger partial charge in [-0.1, -0.05) is 18.2 Å². The minimum Gasteiger partial charge on any atom is -0.357 e. The molecule has 1 aromatic heterocycles. The molecule has 0 saturated heterocycles. The second kappa shape index (κ2) is 11.1. The number of hydrogen-bond donors (Lipinski definition) is 2. The largest absolute Gasteiger partial charge is 0.416 e. The van der Waals surface area contributed by atoms with Crippen molar-refractivity contribution in [3.8, 4) is 5.69 Å². The summed E-state index contributed by atoms with van der Waals surface area (Å²) in [5.74, 6) is -0.573. The molecule has 11 heteroatoms. The van der Waals surface area contributed by atoms with Crippen LogP contribution in [0, 0.1) is 5.82 Å². The van der Waals surface area contributed by atoms with E-state index in [-0.39, 0.29) is 36.1 Å². The molecule has 0 aliphatic carbocycles. The Kier molecular flexibility index (Phi) is 8.77. The number of guanidine groups is 1. The van der Waals surface area contributed by atoms with Crippen LogP contribution in [0.4, 0.5) is 17.6 Å². The Morgan fingerprint density at radius 3 is 2.45 bits per heavy atom. The highest BCUT2D eigenvalue weighted by atomic mass is 127. The molecule has 0 unspecified atom stereocenters. The number of aromatic nitrogens is 3. The molecule has 0 aliphatic heterocycles. The monoisotopic (exact) mass is 548 g/mol. The zero-order chi connectivity index (χ0) is 21.6. The molecule has 3 rings (SSSR count). The molecular formula is C20H21F4IN6. The summed E-state index contributed by atoms with van der Waals surface area (Å²) in [4.78, 5) is 8.30. The maximum Gasteiger partial charge on any atom is 0.416 e. The van der Waals surface area contributed by atoms with Crippen LogP contribution in [0.25, 0.3) is 5.69 Å². The van der Waals surface area contributed by atoms with E-state index in [1.54, 1.807) is 11.0 Å². The van der Waals surface area contributed by atoms with Crippen molar-refractivity contribution >= 4 is 29.9 Å². The molecule has 2 aromatic carbocycles. The zero-order valence-corrected chi connectivity index (χ0v) is 18.9. The number of aliphatic imine (C=N–C) groups is 1. The highest BCUT2D eigenvalue weighted by Gasteiger charge is 2.33. The second-order valence-electron chi connectivity index (χ2n) is 6.35. The van der Waals surface area contributed by atoms with E-state index in [0.29, 0.717) is 25.1 Å². The lowest BCUT2D eigenvalue weighted by atomic mass is 10.1. The standard InChI is InChI=1S/C20H20F4N6.HI/c1-2-26-19(28-11-15-5-6-16(21)9-18(15)20(22,23)24)27-10-14-3-7-17(8-4-14)30-13-25-12-29-30;/h3-9,12-13H,2,10-11H2,1H3,(H2,26,27,28);1H. The molecule has 0 atom stereocenters. The van der Waals surface area contributed by atoms with Crippen molar-refractivity contribution in [2.75, 3.05) is 6.54 Å². The van der Waals surface area contributed by atoms with Crippen molar-refractivity contribution < 1.29 is 17.6 Å². The minimum atomic E-state index is -4.64. The van der Waals surface area contributed by atoms with Gasteiger partial charge in [-0.25, -0.2) is 19.0 Å². The first kappa shape index (κ1) is 24.6. The molecule has 0 saturated carbocycles. The van der Waals surface area contributed by atoms with Crippen LogP contribution in [0.1, 0.15) is 23.6 Å². The van der Waals surface area contributed by atoms with Crippen LogP contribution in [0.2, 0.25) is 0 Å². The van der Waals surface area contributed by atoms with Crippen LogP contribution in [0.15, 0.2) is 60.1 Å². The topological polar surface area (TPSA) is 67.1 Å². The molecule has 0 bridgehead atoms.